The van der Waals surface area contributed by atoms with Gasteiger partial charge in [0.2, 0.25) is 11.8 Å². The number of carbonyl (C=O) groups excluding carboxylic acids is 2. The number of nitrogens with one attached hydrogen (secondary N) is 1. The van der Waals surface area contributed by atoms with E-state index >= 15 is 0 Å². The van der Waals surface area contributed by atoms with Crippen molar-refractivity contribution < 1.29 is 18.0 Å². The average Bonchev–Trinajstić information content (AvgIpc) is 2.91. The van der Waals surface area contributed by atoms with Crippen molar-refractivity contribution in [1.82, 2.24) is 10.2 Å². The molecule has 1 atom stereocenters. The van der Waals surface area contributed by atoms with Crippen LogP contribution in [0.4, 0.5) is 5.69 Å². The Morgan fingerprint density at radius 2 is 1.55 bits per heavy atom. The van der Waals surface area contributed by atoms with Crippen LogP contribution < -0.4 is 9.62 Å². The minimum absolute atomic E-state index is 0.0541. The van der Waals surface area contributed by atoms with Crippen LogP contribution in [0, 0.1) is 13.8 Å². The van der Waals surface area contributed by atoms with Crippen LogP contribution in [0.1, 0.15) is 43.4 Å². The van der Waals surface area contributed by atoms with Crippen molar-refractivity contribution in [3.05, 3.63) is 93.5 Å². The monoisotopic (exact) mass is 603 g/mol. The maximum atomic E-state index is 14.0. The van der Waals surface area contributed by atoms with Gasteiger partial charge in [-0.05, 0) is 69.2 Å². The summed E-state index contributed by atoms with van der Waals surface area (Å²) in [7, 11) is -4.14. The highest BCUT2D eigenvalue weighted by molar-refractivity contribution is 7.92. The molecule has 1 N–H and O–H groups in total. The SMILES string of the molecule is CCCCNC(=O)[C@H](C)N(Cc1c(Cl)cccc1Cl)C(=O)CN(c1cccc(C)c1)S(=O)(=O)c1ccc(C)cc1. The molecule has 0 fully saturated rings. The van der Waals surface area contributed by atoms with Crippen molar-refractivity contribution in [2.45, 2.75) is 58.0 Å². The molecule has 0 heterocycles. The molecule has 0 radical (unpaired) electrons. The molecule has 0 saturated heterocycles. The Kier molecular flexibility index (Phi) is 11.0. The first-order chi connectivity index (χ1) is 18.9. The zero-order chi connectivity index (χ0) is 29.4. The minimum Gasteiger partial charge on any atom is -0.354 e. The number of nitrogens with zero attached hydrogens (tertiary/aromatic N) is 2. The van der Waals surface area contributed by atoms with Gasteiger partial charge in [0.15, 0.2) is 0 Å². The number of hydrogen-bond donors (Lipinski definition) is 1. The quantitative estimate of drug-likeness (QED) is 0.252. The molecule has 0 spiro atoms. The molecule has 0 aliphatic rings. The van der Waals surface area contributed by atoms with Crippen LogP contribution in [0.2, 0.25) is 10.0 Å². The lowest BCUT2D eigenvalue weighted by molar-refractivity contribution is -0.139. The molecule has 214 valence electrons. The molecule has 3 aromatic rings. The average molecular weight is 605 g/mol. The second kappa shape index (κ2) is 14.0. The number of benzene rings is 3. The lowest BCUT2D eigenvalue weighted by Gasteiger charge is -2.32. The number of unbranched alkanes of at least 4 members (excludes halogenated alkanes) is 1. The Hall–Kier alpha value is -3.07. The molecule has 0 aliphatic heterocycles. The molecule has 3 aromatic carbocycles. The van der Waals surface area contributed by atoms with Crippen LogP contribution in [0.5, 0.6) is 0 Å². The van der Waals surface area contributed by atoms with Gasteiger partial charge in [-0.25, -0.2) is 8.42 Å². The van der Waals surface area contributed by atoms with Gasteiger partial charge in [0.05, 0.1) is 10.6 Å². The molecular weight excluding hydrogens is 569 g/mol. The maximum Gasteiger partial charge on any atom is 0.264 e. The van der Waals surface area contributed by atoms with Crippen molar-refractivity contribution in [2.24, 2.45) is 0 Å². The van der Waals surface area contributed by atoms with E-state index in [0.29, 0.717) is 27.8 Å². The van der Waals surface area contributed by atoms with Crippen molar-refractivity contribution in [2.75, 3.05) is 17.4 Å². The summed E-state index contributed by atoms with van der Waals surface area (Å²) in [6, 6.07) is 17.4. The Balaban J connectivity index is 2.04. The van der Waals surface area contributed by atoms with Gasteiger partial charge in [-0.2, -0.15) is 0 Å². The fraction of sp³-hybridized carbons (Fsp3) is 0.333. The lowest BCUT2D eigenvalue weighted by Crippen LogP contribution is -2.51. The summed E-state index contributed by atoms with van der Waals surface area (Å²) in [6.07, 6.45) is 1.69. The number of anilines is 1. The van der Waals surface area contributed by atoms with Crippen LogP contribution >= 0.6 is 23.2 Å². The number of aryl methyl sites for hydroxylation is 2. The van der Waals surface area contributed by atoms with Crippen LogP contribution in [-0.4, -0.2) is 44.3 Å². The predicted molar refractivity (Wildman–Crippen MR) is 161 cm³/mol. The van der Waals surface area contributed by atoms with Gasteiger partial charge < -0.3 is 10.2 Å². The smallest absolute Gasteiger partial charge is 0.264 e. The largest absolute Gasteiger partial charge is 0.354 e. The summed E-state index contributed by atoms with van der Waals surface area (Å²) >= 11 is 12.8. The predicted octanol–water partition coefficient (Wildman–Crippen LogP) is 6.14. The normalized spacial score (nSPS) is 12.1. The summed E-state index contributed by atoms with van der Waals surface area (Å²) in [5, 5.41) is 3.54. The van der Waals surface area contributed by atoms with Crippen molar-refractivity contribution >= 4 is 50.7 Å². The molecule has 0 saturated carbocycles. The third-order valence-electron chi connectivity index (χ3n) is 6.56. The number of hydrogen-bond acceptors (Lipinski definition) is 4. The molecule has 40 heavy (non-hydrogen) atoms. The standard InChI is InChI=1S/C30H35Cl2N3O4S/c1-5-6-17-33-30(37)23(4)34(19-26-27(31)11-8-12-28(26)32)29(36)20-35(24-10-7-9-22(3)18-24)40(38,39)25-15-13-21(2)14-16-25/h7-16,18,23H,5-6,17,19-20H2,1-4H3,(H,33,37)/t23-/m0/s1. The number of halogens is 2. The number of sulfonamides is 1. The molecule has 0 unspecified atom stereocenters. The van der Waals surface area contributed by atoms with E-state index in [-0.39, 0.29) is 17.3 Å². The minimum atomic E-state index is -4.14. The Morgan fingerprint density at radius 1 is 0.925 bits per heavy atom. The van der Waals surface area contributed by atoms with Crippen LogP contribution in [0.25, 0.3) is 0 Å². The molecule has 0 aromatic heterocycles. The van der Waals surface area contributed by atoms with E-state index in [2.05, 4.69) is 5.32 Å². The summed E-state index contributed by atoms with van der Waals surface area (Å²) in [5.41, 5.74) is 2.54. The molecule has 0 bridgehead atoms. The number of amides is 2. The van der Waals surface area contributed by atoms with E-state index < -0.39 is 28.5 Å². The van der Waals surface area contributed by atoms with Gasteiger partial charge in [-0.1, -0.05) is 72.4 Å². The Morgan fingerprint density at radius 3 is 2.15 bits per heavy atom. The Labute approximate surface area is 247 Å². The molecule has 2 amide bonds. The molecule has 3 rings (SSSR count). The topological polar surface area (TPSA) is 86.8 Å². The summed E-state index contributed by atoms with van der Waals surface area (Å²) in [5.74, 6) is -0.931. The second-order valence-electron chi connectivity index (χ2n) is 9.71. The first-order valence-electron chi connectivity index (χ1n) is 13.1. The number of rotatable bonds is 12. The highest BCUT2D eigenvalue weighted by Gasteiger charge is 2.33. The first-order valence-corrected chi connectivity index (χ1v) is 15.3. The van der Waals surface area contributed by atoms with Gasteiger partial charge in [-0.3, -0.25) is 13.9 Å². The second-order valence-corrected chi connectivity index (χ2v) is 12.4. The van der Waals surface area contributed by atoms with Gasteiger partial charge >= 0.3 is 0 Å². The Bertz CT molecular complexity index is 1430. The molecule has 7 nitrogen and oxygen atoms in total. The highest BCUT2D eigenvalue weighted by Crippen LogP contribution is 2.28. The highest BCUT2D eigenvalue weighted by atomic mass is 35.5. The van der Waals surface area contributed by atoms with Gasteiger partial charge in [-0.15, -0.1) is 0 Å². The fourth-order valence-electron chi connectivity index (χ4n) is 4.12. The van der Waals surface area contributed by atoms with E-state index in [1.165, 1.54) is 17.0 Å². The summed E-state index contributed by atoms with van der Waals surface area (Å²) in [4.78, 5) is 28.4. The van der Waals surface area contributed by atoms with E-state index in [0.717, 1.165) is 28.3 Å². The van der Waals surface area contributed by atoms with Crippen molar-refractivity contribution in [3.8, 4) is 0 Å². The lowest BCUT2D eigenvalue weighted by atomic mass is 10.1. The van der Waals surface area contributed by atoms with E-state index in [1.807, 2.05) is 26.8 Å². The maximum absolute atomic E-state index is 14.0. The zero-order valence-electron chi connectivity index (χ0n) is 23.2. The third kappa shape index (κ3) is 7.77. The fourth-order valence-corrected chi connectivity index (χ4v) is 6.04. The van der Waals surface area contributed by atoms with E-state index in [4.69, 9.17) is 23.2 Å². The summed E-state index contributed by atoms with van der Waals surface area (Å²) in [6.45, 7) is 7.18. The molecule has 10 heteroatoms. The van der Waals surface area contributed by atoms with Gasteiger partial charge in [0.25, 0.3) is 10.0 Å². The van der Waals surface area contributed by atoms with Crippen LogP contribution in [0.3, 0.4) is 0 Å². The van der Waals surface area contributed by atoms with Crippen molar-refractivity contribution in [1.29, 1.82) is 0 Å². The van der Waals surface area contributed by atoms with Crippen LogP contribution in [-0.2, 0) is 26.2 Å². The number of carbonyl (C=O) groups is 2. The first kappa shape index (κ1) is 31.5. The zero-order valence-corrected chi connectivity index (χ0v) is 25.5. The van der Waals surface area contributed by atoms with Crippen molar-refractivity contribution in [3.63, 3.8) is 0 Å². The molecule has 0 aliphatic carbocycles. The summed E-state index contributed by atoms with van der Waals surface area (Å²) < 4.78 is 28.9. The van der Waals surface area contributed by atoms with E-state index in [1.54, 1.807) is 55.5 Å². The molecular formula is C30H35Cl2N3O4S. The van der Waals surface area contributed by atoms with E-state index in [9.17, 15) is 18.0 Å². The van der Waals surface area contributed by atoms with Gasteiger partial charge in [0.1, 0.15) is 12.6 Å². The van der Waals surface area contributed by atoms with Gasteiger partial charge in [0, 0.05) is 28.7 Å². The third-order valence-corrected chi connectivity index (χ3v) is 9.06. The van der Waals surface area contributed by atoms with Crippen LogP contribution in [0.15, 0.2) is 71.6 Å².